The van der Waals surface area contributed by atoms with Gasteiger partial charge < -0.3 is 20.1 Å². The molecule has 5 heteroatoms. The van der Waals surface area contributed by atoms with Crippen molar-refractivity contribution in [1.82, 2.24) is 4.90 Å². The summed E-state index contributed by atoms with van der Waals surface area (Å²) in [6.07, 6.45) is 0.696. The van der Waals surface area contributed by atoms with Crippen molar-refractivity contribution in [2.45, 2.75) is 39.3 Å². The maximum atomic E-state index is 12.3. The van der Waals surface area contributed by atoms with E-state index in [1.807, 2.05) is 6.92 Å². The lowest BCUT2D eigenvalue weighted by molar-refractivity contribution is -0.136. The normalized spacial score (nSPS) is 14.6. The number of ether oxygens (including phenoxy) is 2. The van der Waals surface area contributed by atoms with E-state index in [1.165, 1.54) is 0 Å². The van der Waals surface area contributed by atoms with Crippen molar-refractivity contribution < 1.29 is 14.3 Å². The van der Waals surface area contributed by atoms with Gasteiger partial charge in [-0.3, -0.25) is 4.79 Å². The standard InChI is InChI=1S/C13H28N2O3/c1-10(2)8-12(14)13(16)15(6-7-17-4)11(3)9-18-5/h10-12H,6-9,14H2,1-5H3/t11?,12-/m0/s1. The van der Waals surface area contributed by atoms with Crippen molar-refractivity contribution in [3.63, 3.8) is 0 Å². The zero-order chi connectivity index (χ0) is 14.1. The second-order valence-corrected chi connectivity index (χ2v) is 5.06. The van der Waals surface area contributed by atoms with Crippen LogP contribution in [0.15, 0.2) is 0 Å². The minimum Gasteiger partial charge on any atom is -0.383 e. The monoisotopic (exact) mass is 260 g/mol. The highest BCUT2D eigenvalue weighted by atomic mass is 16.5. The molecule has 2 atom stereocenters. The zero-order valence-corrected chi connectivity index (χ0v) is 12.3. The van der Waals surface area contributed by atoms with Gasteiger partial charge in [-0.25, -0.2) is 0 Å². The van der Waals surface area contributed by atoms with Crippen LogP contribution in [0.4, 0.5) is 0 Å². The summed E-state index contributed by atoms with van der Waals surface area (Å²) in [4.78, 5) is 14.0. The van der Waals surface area contributed by atoms with E-state index in [1.54, 1.807) is 19.1 Å². The molecule has 0 aromatic heterocycles. The number of hydrogen-bond donors (Lipinski definition) is 1. The van der Waals surface area contributed by atoms with Gasteiger partial charge in [-0.15, -0.1) is 0 Å². The van der Waals surface area contributed by atoms with Crippen LogP contribution in [0.2, 0.25) is 0 Å². The fourth-order valence-corrected chi connectivity index (χ4v) is 1.89. The number of nitrogens with two attached hydrogens (primary N) is 1. The molecular weight excluding hydrogens is 232 g/mol. The highest BCUT2D eigenvalue weighted by molar-refractivity contribution is 5.82. The Morgan fingerprint density at radius 2 is 1.83 bits per heavy atom. The second kappa shape index (κ2) is 9.30. The molecule has 0 rings (SSSR count). The summed E-state index contributed by atoms with van der Waals surface area (Å²) in [7, 11) is 3.25. The summed E-state index contributed by atoms with van der Waals surface area (Å²) < 4.78 is 10.1. The second-order valence-electron chi connectivity index (χ2n) is 5.06. The fraction of sp³-hybridized carbons (Fsp3) is 0.923. The van der Waals surface area contributed by atoms with Crippen LogP contribution in [0, 0.1) is 5.92 Å². The fourth-order valence-electron chi connectivity index (χ4n) is 1.89. The van der Waals surface area contributed by atoms with Gasteiger partial charge in [0.15, 0.2) is 0 Å². The molecule has 108 valence electrons. The molecule has 0 aliphatic carbocycles. The van der Waals surface area contributed by atoms with Gasteiger partial charge in [0.25, 0.3) is 0 Å². The van der Waals surface area contributed by atoms with Gasteiger partial charge in [0.2, 0.25) is 5.91 Å². The molecule has 0 heterocycles. The summed E-state index contributed by atoms with van der Waals surface area (Å²) >= 11 is 0. The van der Waals surface area contributed by atoms with Gasteiger partial charge in [-0.2, -0.15) is 0 Å². The van der Waals surface area contributed by atoms with Crippen LogP contribution in [-0.2, 0) is 14.3 Å². The summed E-state index contributed by atoms with van der Waals surface area (Å²) in [5.74, 6) is 0.385. The lowest BCUT2D eigenvalue weighted by Crippen LogP contribution is -2.50. The van der Waals surface area contributed by atoms with Crippen molar-refractivity contribution in [2.24, 2.45) is 11.7 Å². The first-order chi connectivity index (χ1) is 8.43. The smallest absolute Gasteiger partial charge is 0.239 e. The zero-order valence-electron chi connectivity index (χ0n) is 12.3. The van der Waals surface area contributed by atoms with Crippen molar-refractivity contribution in [2.75, 3.05) is 34.0 Å². The van der Waals surface area contributed by atoms with Crippen LogP contribution < -0.4 is 5.73 Å². The number of rotatable bonds is 9. The third-order valence-electron chi connectivity index (χ3n) is 2.80. The topological polar surface area (TPSA) is 64.8 Å². The van der Waals surface area contributed by atoms with Crippen LogP contribution in [-0.4, -0.2) is 56.9 Å². The van der Waals surface area contributed by atoms with E-state index in [9.17, 15) is 4.79 Å². The molecule has 0 saturated carbocycles. The molecule has 0 aliphatic rings. The Kier molecular flexibility index (Phi) is 8.97. The average Bonchev–Trinajstić information content (AvgIpc) is 2.28. The number of hydrogen-bond acceptors (Lipinski definition) is 4. The summed E-state index contributed by atoms with van der Waals surface area (Å²) in [6, 6.07) is -0.433. The van der Waals surface area contributed by atoms with Crippen LogP contribution in [0.5, 0.6) is 0 Å². The Hall–Kier alpha value is -0.650. The minimum absolute atomic E-state index is 0.0101. The molecule has 0 fully saturated rings. The van der Waals surface area contributed by atoms with E-state index < -0.39 is 6.04 Å². The van der Waals surface area contributed by atoms with Gasteiger partial charge in [-0.05, 0) is 19.3 Å². The van der Waals surface area contributed by atoms with E-state index in [0.29, 0.717) is 32.1 Å². The van der Waals surface area contributed by atoms with Crippen LogP contribution in [0.25, 0.3) is 0 Å². The van der Waals surface area contributed by atoms with E-state index >= 15 is 0 Å². The summed E-state index contributed by atoms with van der Waals surface area (Å²) in [6.45, 7) is 7.64. The Labute approximate surface area is 111 Å². The molecule has 0 radical (unpaired) electrons. The Bertz CT molecular complexity index is 234. The summed E-state index contributed by atoms with van der Waals surface area (Å²) in [5.41, 5.74) is 5.95. The molecule has 0 saturated heterocycles. The number of amides is 1. The van der Waals surface area contributed by atoms with Crippen LogP contribution in [0.1, 0.15) is 27.2 Å². The van der Waals surface area contributed by atoms with Crippen molar-refractivity contribution in [3.8, 4) is 0 Å². The Morgan fingerprint density at radius 1 is 1.22 bits per heavy atom. The average molecular weight is 260 g/mol. The highest BCUT2D eigenvalue weighted by Crippen LogP contribution is 2.09. The third kappa shape index (κ3) is 6.33. The third-order valence-corrected chi connectivity index (χ3v) is 2.80. The molecule has 0 bridgehead atoms. The molecule has 18 heavy (non-hydrogen) atoms. The largest absolute Gasteiger partial charge is 0.383 e. The first-order valence-electron chi connectivity index (χ1n) is 6.47. The van der Waals surface area contributed by atoms with Crippen molar-refractivity contribution in [3.05, 3.63) is 0 Å². The van der Waals surface area contributed by atoms with Gasteiger partial charge >= 0.3 is 0 Å². The number of nitrogens with zero attached hydrogens (tertiary/aromatic N) is 1. The highest BCUT2D eigenvalue weighted by Gasteiger charge is 2.25. The predicted molar refractivity (Wildman–Crippen MR) is 72.4 cm³/mol. The molecule has 5 nitrogen and oxygen atoms in total. The maximum absolute atomic E-state index is 12.3. The van der Waals surface area contributed by atoms with E-state index in [-0.39, 0.29) is 11.9 Å². The van der Waals surface area contributed by atoms with Crippen LogP contribution >= 0.6 is 0 Å². The van der Waals surface area contributed by atoms with Crippen LogP contribution in [0.3, 0.4) is 0 Å². The Morgan fingerprint density at radius 3 is 2.28 bits per heavy atom. The first-order valence-corrected chi connectivity index (χ1v) is 6.47. The van der Waals surface area contributed by atoms with E-state index in [4.69, 9.17) is 15.2 Å². The first kappa shape index (κ1) is 17.4. The van der Waals surface area contributed by atoms with Gasteiger partial charge in [0.1, 0.15) is 0 Å². The summed E-state index contributed by atoms with van der Waals surface area (Å²) in [5, 5.41) is 0. The maximum Gasteiger partial charge on any atom is 0.239 e. The predicted octanol–water partition coefficient (Wildman–Crippen LogP) is 0.870. The van der Waals surface area contributed by atoms with E-state index in [2.05, 4.69) is 13.8 Å². The molecule has 1 unspecified atom stereocenters. The molecule has 2 N–H and O–H groups in total. The number of carbonyl (C=O) groups excluding carboxylic acids is 1. The Balaban J connectivity index is 4.56. The minimum atomic E-state index is -0.443. The molecule has 1 amide bonds. The SMILES string of the molecule is COCCN(C(=O)[C@@H](N)CC(C)C)C(C)COC. The van der Waals surface area contributed by atoms with E-state index in [0.717, 1.165) is 0 Å². The number of carbonyl (C=O) groups is 1. The lowest BCUT2D eigenvalue weighted by Gasteiger charge is -2.31. The van der Waals surface area contributed by atoms with Gasteiger partial charge in [0, 0.05) is 20.8 Å². The molecule has 0 aliphatic heterocycles. The van der Waals surface area contributed by atoms with Gasteiger partial charge in [0.05, 0.1) is 25.3 Å². The molecule has 0 aromatic rings. The van der Waals surface area contributed by atoms with Crippen molar-refractivity contribution in [1.29, 1.82) is 0 Å². The number of methoxy groups -OCH3 is 2. The van der Waals surface area contributed by atoms with Gasteiger partial charge in [-0.1, -0.05) is 13.8 Å². The lowest BCUT2D eigenvalue weighted by atomic mass is 10.0. The molecule has 0 aromatic carbocycles. The van der Waals surface area contributed by atoms with Crippen molar-refractivity contribution >= 4 is 5.91 Å². The molecule has 0 spiro atoms. The molecular formula is C13H28N2O3. The quantitative estimate of drug-likeness (QED) is 0.668.